The molecular weight excluding hydrogens is 288 g/mol. The molecule has 0 aliphatic heterocycles. The molecule has 0 amide bonds. The summed E-state index contributed by atoms with van der Waals surface area (Å²) < 4.78 is 1.78. The van der Waals surface area contributed by atoms with E-state index in [1.54, 1.807) is 11.0 Å². The minimum atomic E-state index is 0.673. The molecule has 23 heavy (non-hydrogen) atoms. The Balaban J connectivity index is 1.95. The van der Waals surface area contributed by atoms with Crippen LogP contribution in [-0.4, -0.2) is 45.8 Å². The molecule has 0 unspecified atom stereocenters. The first kappa shape index (κ1) is 17.0. The van der Waals surface area contributed by atoms with Gasteiger partial charge in [-0.3, -0.25) is 9.67 Å². The average molecular weight is 314 g/mol. The molecule has 1 aromatic heterocycles. The summed E-state index contributed by atoms with van der Waals surface area (Å²) in [5, 5.41) is 7.43. The number of aliphatic imine (C=N–C) groups is 1. The molecule has 0 atom stereocenters. The largest absolute Gasteiger partial charge is 0.357 e. The number of hydrogen-bond acceptors (Lipinski definition) is 3. The number of nitrogens with zero attached hydrogens (tertiary/aromatic N) is 5. The van der Waals surface area contributed by atoms with E-state index in [0.29, 0.717) is 6.54 Å². The highest BCUT2D eigenvalue weighted by atomic mass is 15.4. The third-order valence-electron chi connectivity index (χ3n) is 3.66. The van der Waals surface area contributed by atoms with Gasteiger partial charge in [-0.05, 0) is 25.8 Å². The molecular formula is C17H26N6. The predicted molar refractivity (Wildman–Crippen MR) is 93.3 cm³/mol. The van der Waals surface area contributed by atoms with Crippen LogP contribution in [0.4, 0.5) is 0 Å². The molecule has 0 radical (unpaired) electrons. The van der Waals surface area contributed by atoms with E-state index in [-0.39, 0.29) is 0 Å². The Morgan fingerprint density at radius 3 is 2.65 bits per heavy atom. The lowest BCUT2D eigenvalue weighted by Crippen LogP contribution is -2.39. The fourth-order valence-electron chi connectivity index (χ4n) is 2.27. The zero-order valence-corrected chi connectivity index (χ0v) is 14.5. The predicted octanol–water partition coefficient (Wildman–Crippen LogP) is 1.76. The van der Waals surface area contributed by atoms with Gasteiger partial charge in [0.25, 0.3) is 0 Å². The smallest absolute Gasteiger partial charge is 0.194 e. The Morgan fingerprint density at radius 1 is 1.30 bits per heavy atom. The van der Waals surface area contributed by atoms with Gasteiger partial charge in [0.2, 0.25) is 0 Å². The average Bonchev–Trinajstić information content (AvgIpc) is 2.93. The Labute approximate surface area is 138 Å². The molecule has 2 rings (SSSR count). The Bertz CT molecular complexity index is 629. The number of rotatable bonds is 6. The van der Waals surface area contributed by atoms with Gasteiger partial charge in [0, 0.05) is 27.2 Å². The Morgan fingerprint density at radius 2 is 2.04 bits per heavy atom. The zero-order chi connectivity index (χ0) is 16.7. The summed E-state index contributed by atoms with van der Waals surface area (Å²) in [6.07, 6.45) is 2.51. The van der Waals surface area contributed by atoms with Crippen molar-refractivity contribution in [2.45, 2.75) is 26.8 Å². The van der Waals surface area contributed by atoms with Crippen molar-refractivity contribution in [1.82, 2.24) is 25.0 Å². The SMILES string of the molecule is CCNC(=NCCc1ccc(C)cc1)N(C)Cc1ncnn1C. The summed E-state index contributed by atoms with van der Waals surface area (Å²) in [4.78, 5) is 11.0. The van der Waals surface area contributed by atoms with Crippen molar-refractivity contribution in [3.8, 4) is 0 Å². The second-order valence-corrected chi connectivity index (χ2v) is 5.63. The maximum absolute atomic E-state index is 4.72. The van der Waals surface area contributed by atoms with Gasteiger partial charge in [0.1, 0.15) is 12.2 Å². The lowest BCUT2D eigenvalue weighted by Gasteiger charge is -2.21. The van der Waals surface area contributed by atoms with Crippen LogP contribution in [0.1, 0.15) is 23.9 Å². The molecule has 0 saturated heterocycles. The molecule has 6 heteroatoms. The molecule has 124 valence electrons. The van der Waals surface area contributed by atoms with E-state index in [4.69, 9.17) is 4.99 Å². The van der Waals surface area contributed by atoms with E-state index in [1.165, 1.54) is 11.1 Å². The highest BCUT2D eigenvalue weighted by Gasteiger charge is 2.09. The van der Waals surface area contributed by atoms with Crippen LogP contribution in [0.5, 0.6) is 0 Å². The highest BCUT2D eigenvalue weighted by molar-refractivity contribution is 5.79. The minimum Gasteiger partial charge on any atom is -0.357 e. The van der Waals surface area contributed by atoms with Crippen LogP contribution in [0.25, 0.3) is 0 Å². The first-order valence-corrected chi connectivity index (χ1v) is 7.98. The van der Waals surface area contributed by atoms with Crippen molar-refractivity contribution in [2.75, 3.05) is 20.1 Å². The summed E-state index contributed by atoms with van der Waals surface area (Å²) in [6, 6.07) is 8.62. The molecule has 6 nitrogen and oxygen atoms in total. The van der Waals surface area contributed by atoms with Crippen LogP contribution >= 0.6 is 0 Å². The van der Waals surface area contributed by atoms with E-state index in [0.717, 1.165) is 31.3 Å². The molecule has 1 N–H and O–H groups in total. The van der Waals surface area contributed by atoms with Crippen molar-refractivity contribution in [2.24, 2.45) is 12.0 Å². The maximum Gasteiger partial charge on any atom is 0.194 e. The van der Waals surface area contributed by atoms with Gasteiger partial charge in [-0.2, -0.15) is 5.10 Å². The van der Waals surface area contributed by atoms with E-state index < -0.39 is 0 Å². The number of aromatic nitrogens is 3. The van der Waals surface area contributed by atoms with Gasteiger partial charge in [0.15, 0.2) is 5.96 Å². The van der Waals surface area contributed by atoms with Gasteiger partial charge in [-0.15, -0.1) is 0 Å². The summed E-state index contributed by atoms with van der Waals surface area (Å²) in [5.41, 5.74) is 2.60. The number of benzene rings is 1. The van der Waals surface area contributed by atoms with E-state index in [2.05, 4.69) is 58.4 Å². The van der Waals surface area contributed by atoms with Gasteiger partial charge >= 0.3 is 0 Å². The van der Waals surface area contributed by atoms with Crippen LogP contribution in [-0.2, 0) is 20.0 Å². The minimum absolute atomic E-state index is 0.673. The first-order valence-electron chi connectivity index (χ1n) is 7.98. The fourth-order valence-corrected chi connectivity index (χ4v) is 2.27. The van der Waals surface area contributed by atoms with Gasteiger partial charge in [0.05, 0.1) is 6.54 Å². The Kier molecular flexibility index (Phi) is 6.14. The normalized spacial score (nSPS) is 11.6. The molecule has 2 aromatic rings. The van der Waals surface area contributed by atoms with Gasteiger partial charge in [-0.1, -0.05) is 29.8 Å². The van der Waals surface area contributed by atoms with E-state index >= 15 is 0 Å². The number of guanidine groups is 1. The number of nitrogens with one attached hydrogen (secondary N) is 1. The second kappa shape index (κ2) is 8.31. The zero-order valence-electron chi connectivity index (χ0n) is 14.5. The third kappa shape index (κ3) is 5.09. The van der Waals surface area contributed by atoms with Crippen molar-refractivity contribution in [1.29, 1.82) is 0 Å². The molecule has 0 aliphatic rings. The van der Waals surface area contributed by atoms with Crippen molar-refractivity contribution in [3.63, 3.8) is 0 Å². The molecule has 1 heterocycles. The fraction of sp³-hybridized carbons (Fsp3) is 0.471. The van der Waals surface area contributed by atoms with Crippen LogP contribution < -0.4 is 5.32 Å². The van der Waals surface area contributed by atoms with Crippen molar-refractivity contribution < 1.29 is 0 Å². The van der Waals surface area contributed by atoms with Crippen LogP contribution in [0, 0.1) is 6.92 Å². The number of aryl methyl sites for hydroxylation is 2. The van der Waals surface area contributed by atoms with Crippen molar-refractivity contribution >= 4 is 5.96 Å². The Hall–Kier alpha value is -2.37. The standard InChI is InChI=1S/C17H26N6/c1-5-18-17(22(3)12-16-20-13-21-23(16)4)19-11-10-15-8-6-14(2)7-9-15/h6-9,13H,5,10-12H2,1-4H3,(H,18,19). The topological polar surface area (TPSA) is 58.3 Å². The first-order chi connectivity index (χ1) is 11.1. The van der Waals surface area contributed by atoms with Crippen molar-refractivity contribution in [3.05, 3.63) is 47.5 Å². The monoisotopic (exact) mass is 314 g/mol. The number of hydrogen-bond donors (Lipinski definition) is 1. The van der Waals surface area contributed by atoms with Gasteiger partial charge in [-0.25, -0.2) is 4.98 Å². The van der Waals surface area contributed by atoms with Crippen LogP contribution in [0.3, 0.4) is 0 Å². The maximum atomic E-state index is 4.72. The van der Waals surface area contributed by atoms with Crippen LogP contribution in [0.15, 0.2) is 35.6 Å². The lowest BCUT2D eigenvalue weighted by atomic mass is 10.1. The highest BCUT2D eigenvalue weighted by Crippen LogP contribution is 2.04. The molecule has 0 fully saturated rings. The van der Waals surface area contributed by atoms with Crippen LogP contribution in [0.2, 0.25) is 0 Å². The molecule has 0 spiro atoms. The van der Waals surface area contributed by atoms with E-state index in [1.807, 2.05) is 14.1 Å². The summed E-state index contributed by atoms with van der Waals surface area (Å²) in [5.74, 6) is 1.80. The summed E-state index contributed by atoms with van der Waals surface area (Å²) in [6.45, 7) is 6.45. The van der Waals surface area contributed by atoms with E-state index in [9.17, 15) is 0 Å². The lowest BCUT2D eigenvalue weighted by molar-refractivity contribution is 0.449. The molecule has 0 aliphatic carbocycles. The molecule has 0 bridgehead atoms. The molecule has 1 aromatic carbocycles. The summed E-state index contributed by atoms with van der Waals surface area (Å²) in [7, 11) is 3.92. The summed E-state index contributed by atoms with van der Waals surface area (Å²) >= 11 is 0. The second-order valence-electron chi connectivity index (χ2n) is 5.63. The third-order valence-corrected chi connectivity index (χ3v) is 3.66. The molecule has 0 saturated carbocycles. The quantitative estimate of drug-likeness (QED) is 0.652. The van der Waals surface area contributed by atoms with Gasteiger partial charge < -0.3 is 10.2 Å².